The Labute approximate surface area is 187 Å². The number of halogens is 6. The second-order valence-corrected chi connectivity index (χ2v) is 6.21. The van der Waals surface area contributed by atoms with Gasteiger partial charge < -0.3 is 25.0 Å². The predicted molar refractivity (Wildman–Crippen MR) is 103 cm³/mol. The normalized spacial score (nSPS) is 11.1. The van der Waals surface area contributed by atoms with E-state index in [1.165, 1.54) is 0 Å². The maximum absolute atomic E-state index is 12.6. The minimum Gasteiger partial charge on any atom is -0.496 e. The number of ether oxygens (including phenoxy) is 2. The largest absolute Gasteiger partial charge is 0.496 e. The van der Waals surface area contributed by atoms with Gasteiger partial charge in [-0.1, -0.05) is 0 Å². The Morgan fingerprint density at radius 1 is 0.794 bits per heavy atom. The van der Waals surface area contributed by atoms with Gasteiger partial charge in [0, 0.05) is 5.56 Å². The summed E-state index contributed by atoms with van der Waals surface area (Å²) in [5.74, 6) is -4.36. The highest BCUT2D eigenvalue weighted by molar-refractivity contribution is 5.96. The Kier molecular flexibility index (Phi) is 9.28. The predicted octanol–water partition coefficient (Wildman–Crippen LogP) is 3.94. The van der Waals surface area contributed by atoms with Gasteiger partial charge in [0.2, 0.25) is 0 Å². The molecule has 2 rings (SSSR count). The molecule has 0 spiro atoms. The fraction of sp³-hybridized carbons (Fsp3) is 0.250. The van der Waals surface area contributed by atoms with Crippen molar-refractivity contribution < 1.29 is 60.4 Å². The van der Waals surface area contributed by atoms with Gasteiger partial charge in [0.25, 0.3) is 5.91 Å². The van der Waals surface area contributed by atoms with Crippen LogP contribution in [0.4, 0.5) is 26.3 Å². The number of carboxylic acid groups (broad SMARTS) is 2. The van der Waals surface area contributed by atoms with Gasteiger partial charge >= 0.3 is 24.3 Å². The first-order valence-electron chi connectivity index (χ1n) is 8.85. The number of aromatic carboxylic acids is 1. The first-order chi connectivity index (χ1) is 15.6. The molecule has 0 fully saturated rings. The summed E-state index contributed by atoms with van der Waals surface area (Å²) in [7, 11) is 2.10. The van der Waals surface area contributed by atoms with Crippen LogP contribution in [-0.4, -0.2) is 48.8 Å². The van der Waals surface area contributed by atoms with Gasteiger partial charge in [-0.25, -0.2) is 4.79 Å². The van der Waals surface area contributed by atoms with Crippen molar-refractivity contribution in [2.75, 3.05) is 20.8 Å². The second kappa shape index (κ2) is 11.2. The van der Waals surface area contributed by atoms with Crippen LogP contribution in [0.3, 0.4) is 0 Å². The molecule has 0 unspecified atom stereocenters. The van der Waals surface area contributed by atoms with E-state index in [0.29, 0.717) is 12.1 Å². The number of nitrogens with one attached hydrogen (secondary N) is 1. The lowest BCUT2D eigenvalue weighted by Crippen LogP contribution is -2.29. The molecular formula is C20H17F6NO7. The summed E-state index contributed by atoms with van der Waals surface area (Å²) in [5.41, 5.74) is -2.37. The maximum Gasteiger partial charge on any atom is 0.419 e. The average molecular weight is 497 g/mol. The highest BCUT2D eigenvalue weighted by atomic mass is 19.4. The van der Waals surface area contributed by atoms with E-state index in [-0.39, 0.29) is 11.1 Å². The van der Waals surface area contributed by atoms with E-state index in [2.05, 4.69) is 9.47 Å². The molecule has 0 saturated carbocycles. The first-order valence-corrected chi connectivity index (χ1v) is 8.85. The number of carboxylic acids is 2. The summed E-state index contributed by atoms with van der Waals surface area (Å²) in [4.78, 5) is 32.2. The van der Waals surface area contributed by atoms with Gasteiger partial charge in [-0.2, -0.15) is 26.3 Å². The summed E-state index contributed by atoms with van der Waals surface area (Å²) >= 11 is 0. The smallest absolute Gasteiger partial charge is 0.419 e. The fourth-order valence-electron chi connectivity index (χ4n) is 2.38. The van der Waals surface area contributed by atoms with Crippen LogP contribution in [0.15, 0.2) is 36.4 Å². The topological polar surface area (TPSA) is 122 Å². The summed E-state index contributed by atoms with van der Waals surface area (Å²) < 4.78 is 83.8. The molecule has 0 aliphatic heterocycles. The fourth-order valence-corrected chi connectivity index (χ4v) is 2.38. The summed E-state index contributed by atoms with van der Waals surface area (Å²) in [5, 5.41) is 19.0. The number of carbonyl (C=O) groups excluding carboxylic acids is 1. The van der Waals surface area contributed by atoms with Crippen molar-refractivity contribution >= 4 is 17.8 Å². The van der Waals surface area contributed by atoms with Crippen molar-refractivity contribution in [1.82, 2.24) is 5.32 Å². The molecule has 8 nitrogen and oxygen atoms in total. The minimum atomic E-state index is -4.60. The molecule has 34 heavy (non-hydrogen) atoms. The van der Waals surface area contributed by atoms with Crippen LogP contribution in [0.25, 0.3) is 0 Å². The molecule has 0 aliphatic carbocycles. The average Bonchev–Trinajstić information content (AvgIpc) is 2.75. The van der Waals surface area contributed by atoms with Crippen LogP contribution in [0, 0.1) is 0 Å². The Hall–Kier alpha value is -3.97. The zero-order valence-corrected chi connectivity index (χ0v) is 17.4. The van der Waals surface area contributed by atoms with Gasteiger partial charge in [0.15, 0.2) is 0 Å². The molecule has 0 bridgehead atoms. The quantitative estimate of drug-likeness (QED) is 0.517. The number of aliphatic carboxylic acids is 1. The van der Waals surface area contributed by atoms with E-state index >= 15 is 0 Å². The number of amides is 1. The standard InChI is InChI=1S/C11H10F3NO4.C9H7F3O3/c1-19-8-4-6(10(18)15-5-9(16)17)2-3-7(8)11(12,13)14;1-15-7-4-5(8(13)14)2-3-6(7)9(10,11)12/h2-4H,5H2,1H3,(H,15,18)(H,16,17);2-4H,1H3,(H,13,14). The van der Waals surface area contributed by atoms with Crippen molar-refractivity contribution in [2.45, 2.75) is 12.4 Å². The van der Waals surface area contributed by atoms with Crippen LogP contribution in [0.2, 0.25) is 0 Å². The van der Waals surface area contributed by atoms with Crippen LogP contribution >= 0.6 is 0 Å². The van der Waals surface area contributed by atoms with E-state index in [1.54, 1.807) is 0 Å². The molecule has 0 atom stereocenters. The van der Waals surface area contributed by atoms with E-state index < -0.39 is 59.4 Å². The number of methoxy groups -OCH3 is 2. The van der Waals surface area contributed by atoms with E-state index in [0.717, 1.165) is 38.5 Å². The monoisotopic (exact) mass is 497 g/mol. The van der Waals surface area contributed by atoms with Crippen LogP contribution in [0.5, 0.6) is 11.5 Å². The van der Waals surface area contributed by atoms with E-state index in [9.17, 15) is 40.7 Å². The zero-order chi connectivity index (χ0) is 26.3. The molecule has 3 N–H and O–H groups in total. The molecule has 0 radical (unpaired) electrons. The molecular weight excluding hydrogens is 480 g/mol. The van der Waals surface area contributed by atoms with Crippen molar-refractivity contribution in [2.24, 2.45) is 0 Å². The third-order valence-corrected chi connectivity index (χ3v) is 3.92. The molecule has 186 valence electrons. The van der Waals surface area contributed by atoms with Crippen molar-refractivity contribution in [3.63, 3.8) is 0 Å². The molecule has 14 heteroatoms. The lowest BCUT2D eigenvalue weighted by molar-refractivity contribution is -0.139. The molecule has 1 amide bonds. The van der Waals surface area contributed by atoms with Crippen molar-refractivity contribution in [3.8, 4) is 11.5 Å². The van der Waals surface area contributed by atoms with E-state index in [4.69, 9.17) is 10.2 Å². The van der Waals surface area contributed by atoms with E-state index in [1.807, 2.05) is 5.32 Å². The number of hydrogen-bond donors (Lipinski definition) is 3. The minimum absolute atomic E-state index is 0.119. The SMILES string of the molecule is COc1cc(C(=O)NCC(=O)O)ccc1C(F)(F)F.COc1cc(C(=O)O)ccc1C(F)(F)F. The molecule has 2 aromatic carbocycles. The zero-order valence-electron chi connectivity index (χ0n) is 17.4. The van der Waals surface area contributed by atoms with Crippen LogP contribution < -0.4 is 14.8 Å². The van der Waals surface area contributed by atoms with Gasteiger partial charge in [-0.3, -0.25) is 9.59 Å². The molecule has 0 saturated heterocycles. The lowest BCUT2D eigenvalue weighted by Gasteiger charge is -2.13. The van der Waals surface area contributed by atoms with Crippen molar-refractivity contribution in [1.29, 1.82) is 0 Å². The second-order valence-electron chi connectivity index (χ2n) is 6.21. The third kappa shape index (κ3) is 7.86. The summed E-state index contributed by atoms with van der Waals surface area (Å²) in [6.07, 6.45) is -9.15. The summed E-state index contributed by atoms with van der Waals surface area (Å²) in [6, 6.07) is 4.96. The van der Waals surface area contributed by atoms with Gasteiger partial charge in [0.1, 0.15) is 18.0 Å². The highest BCUT2D eigenvalue weighted by Crippen LogP contribution is 2.37. The Morgan fingerprint density at radius 3 is 1.56 bits per heavy atom. The number of benzene rings is 2. The summed E-state index contributed by atoms with van der Waals surface area (Å²) in [6.45, 7) is -0.623. The lowest BCUT2D eigenvalue weighted by atomic mass is 10.1. The van der Waals surface area contributed by atoms with Crippen LogP contribution in [-0.2, 0) is 17.1 Å². The number of carbonyl (C=O) groups is 3. The number of hydrogen-bond acceptors (Lipinski definition) is 5. The van der Waals surface area contributed by atoms with Gasteiger partial charge in [-0.15, -0.1) is 0 Å². The Bertz CT molecular complexity index is 1050. The molecule has 0 aromatic heterocycles. The highest BCUT2D eigenvalue weighted by Gasteiger charge is 2.35. The van der Waals surface area contributed by atoms with Gasteiger partial charge in [-0.05, 0) is 36.4 Å². The van der Waals surface area contributed by atoms with Gasteiger partial charge in [0.05, 0.1) is 30.9 Å². The molecule has 0 heterocycles. The number of alkyl halides is 6. The Morgan fingerprint density at radius 2 is 1.21 bits per heavy atom. The first kappa shape index (κ1) is 28.1. The van der Waals surface area contributed by atoms with Crippen molar-refractivity contribution in [3.05, 3.63) is 58.7 Å². The third-order valence-electron chi connectivity index (χ3n) is 3.92. The molecule has 0 aliphatic rings. The Balaban J connectivity index is 0.000000350. The maximum atomic E-state index is 12.6. The molecule has 2 aromatic rings. The number of rotatable bonds is 6. The van der Waals surface area contributed by atoms with Crippen LogP contribution in [0.1, 0.15) is 31.8 Å².